The number of benzene rings is 2. The number of hydrogen-bond acceptors (Lipinski definition) is 4. The summed E-state index contributed by atoms with van der Waals surface area (Å²) in [6, 6.07) is 8.81. The van der Waals surface area contributed by atoms with E-state index in [0.717, 1.165) is 55.7 Å². The van der Waals surface area contributed by atoms with Gasteiger partial charge in [0.25, 0.3) is 0 Å². The second kappa shape index (κ2) is 15.5. The van der Waals surface area contributed by atoms with Gasteiger partial charge in [-0.2, -0.15) is 0 Å². The minimum absolute atomic E-state index is 0.0810. The highest BCUT2D eigenvalue weighted by atomic mass is 16.3. The summed E-state index contributed by atoms with van der Waals surface area (Å²) < 4.78 is 0. The Hall–Kier alpha value is -3.66. The average Bonchev–Trinajstić information content (AvgIpc) is 3.04. The van der Waals surface area contributed by atoms with E-state index in [4.69, 9.17) is 0 Å². The number of phenols is 2. The Labute approximate surface area is 378 Å². The van der Waals surface area contributed by atoms with Crippen LogP contribution in [0.15, 0.2) is 70.9 Å². The van der Waals surface area contributed by atoms with Crippen molar-refractivity contribution in [3.8, 4) is 11.5 Å². The first-order valence-corrected chi connectivity index (χ1v) is 23.2. The summed E-state index contributed by atoms with van der Waals surface area (Å²) in [5.74, 6) is 0.805. The maximum Gasteiger partial charge on any atom is 0.185 e. The van der Waals surface area contributed by atoms with Crippen molar-refractivity contribution in [1.82, 2.24) is 0 Å². The van der Waals surface area contributed by atoms with Gasteiger partial charge in [0.2, 0.25) is 0 Å². The van der Waals surface area contributed by atoms with Crippen LogP contribution in [0.5, 0.6) is 11.5 Å². The highest BCUT2D eigenvalue weighted by Crippen LogP contribution is 2.54. The third kappa shape index (κ3) is 10.0. The molecule has 0 radical (unpaired) electrons. The number of carbonyl (C=O) groups is 2. The molecule has 2 aromatic carbocycles. The summed E-state index contributed by atoms with van der Waals surface area (Å²) in [6.07, 6.45) is 10.2. The quantitative estimate of drug-likeness (QED) is 0.314. The summed E-state index contributed by atoms with van der Waals surface area (Å²) in [5, 5.41) is 24.2. The van der Waals surface area contributed by atoms with E-state index >= 15 is 0 Å². The first-order valence-electron chi connectivity index (χ1n) is 23.2. The van der Waals surface area contributed by atoms with E-state index in [1.54, 1.807) is 0 Å². The van der Waals surface area contributed by atoms with Gasteiger partial charge in [0.05, 0.1) is 0 Å². The van der Waals surface area contributed by atoms with E-state index in [9.17, 15) is 19.8 Å². The Morgan fingerprint density at radius 1 is 0.339 bits per heavy atom. The fourth-order valence-corrected chi connectivity index (χ4v) is 9.31. The van der Waals surface area contributed by atoms with Crippen molar-refractivity contribution >= 4 is 11.6 Å². The fourth-order valence-electron chi connectivity index (χ4n) is 9.31. The molecule has 4 rings (SSSR count). The molecule has 0 fully saturated rings. The Kier molecular flexibility index (Phi) is 12.8. The summed E-state index contributed by atoms with van der Waals surface area (Å²) >= 11 is 0. The standard InChI is InChI=1S/C58H86O4/c1-49(2,3)37-27-35(28-38(45(37)59)50(4,5)6)57(31-41(53(13,14)15)47(61)42(32-57)54(16,17)18)25-26-58(33-43(55(19,20)21)48(62)44(34-58)56(22,23)24)36-29-39(51(7,8)9)46(60)40(30-36)52(10,11)12/h27-34,59-60H,25-26H2,1-24H3. The van der Waals surface area contributed by atoms with Crippen molar-refractivity contribution < 1.29 is 19.8 Å². The van der Waals surface area contributed by atoms with Gasteiger partial charge in [-0.15, -0.1) is 0 Å². The van der Waals surface area contributed by atoms with Gasteiger partial charge in [-0.3, -0.25) is 9.59 Å². The van der Waals surface area contributed by atoms with Crippen LogP contribution < -0.4 is 0 Å². The van der Waals surface area contributed by atoms with Crippen molar-refractivity contribution in [2.75, 3.05) is 0 Å². The number of rotatable bonds is 5. The summed E-state index contributed by atoms with van der Waals surface area (Å²) in [7, 11) is 0. The molecular formula is C58H86O4. The number of allylic oxidation sites excluding steroid dienone is 8. The van der Waals surface area contributed by atoms with Gasteiger partial charge < -0.3 is 10.2 Å². The zero-order valence-corrected chi connectivity index (χ0v) is 43.7. The average molecular weight is 847 g/mol. The smallest absolute Gasteiger partial charge is 0.185 e. The van der Waals surface area contributed by atoms with Crippen molar-refractivity contribution in [1.29, 1.82) is 0 Å². The third-order valence-electron chi connectivity index (χ3n) is 13.3. The van der Waals surface area contributed by atoms with E-state index in [2.05, 4.69) is 215 Å². The molecule has 2 N–H and O–H groups in total. The molecular weight excluding hydrogens is 761 g/mol. The maximum atomic E-state index is 14.8. The van der Waals surface area contributed by atoms with E-state index in [1.165, 1.54) is 0 Å². The molecule has 2 aliphatic carbocycles. The summed E-state index contributed by atoms with van der Waals surface area (Å²) in [5.41, 5.74) is 3.78. The lowest BCUT2D eigenvalue weighted by molar-refractivity contribution is -0.115. The van der Waals surface area contributed by atoms with Gasteiger partial charge in [-0.05, 0) is 89.5 Å². The van der Waals surface area contributed by atoms with Crippen molar-refractivity contribution in [2.45, 2.75) is 212 Å². The monoisotopic (exact) mass is 847 g/mol. The van der Waals surface area contributed by atoms with Crippen LogP contribution in [-0.2, 0) is 42.1 Å². The van der Waals surface area contributed by atoms with Crippen LogP contribution in [0.2, 0.25) is 0 Å². The maximum absolute atomic E-state index is 14.8. The topological polar surface area (TPSA) is 74.6 Å². The molecule has 4 heteroatoms. The predicted octanol–water partition coefficient (Wildman–Crippen LogP) is 15.3. The molecule has 62 heavy (non-hydrogen) atoms. The van der Waals surface area contributed by atoms with Crippen LogP contribution >= 0.6 is 0 Å². The van der Waals surface area contributed by atoms with Gasteiger partial charge in [0.1, 0.15) is 11.5 Å². The Balaban J connectivity index is 2.35. The largest absolute Gasteiger partial charge is 0.507 e. The molecule has 0 aliphatic heterocycles. The Morgan fingerprint density at radius 3 is 0.661 bits per heavy atom. The molecule has 342 valence electrons. The van der Waals surface area contributed by atoms with Crippen LogP contribution in [0.4, 0.5) is 0 Å². The van der Waals surface area contributed by atoms with Crippen LogP contribution in [-0.4, -0.2) is 21.8 Å². The van der Waals surface area contributed by atoms with Gasteiger partial charge in [-0.25, -0.2) is 0 Å². The van der Waals surface area contributed by atoms with Crippen LogP contribution in [0.25, 0.3) is 0 Å². The summed E-state index contributed by atoms with van der Waals surface area (Å²) in [6.45, 7) is 51.4. The molecule has 0 amide bonds. The minimum atomic E-state index is -0.788. The Bertz CT molecular complexity index is 1940. The normalized spacial score (nSPS) is 18.3. The first-order chi connectivity index (χ1) is 27.4. The van der Waals surface area contributed by atoms with E-state index < -0.39 is 32.5 Å². The SMILES string of the molecule is CC(C)(C)C1=CC(CCC2(c3cc(C(C)(C)C)c(O)c(C(C)(C)C)c3)C=C(C(C)(C)C)C(=O)C(C(C)(C)C)=C2)(c2cc(C(C)(C)C)c(O)c(C(C)(C)C)c2)C=C(C(C)(C)C)C1=O. The zero-order chi connectivity index (χ0) is 48.2. The van der Waals surface area contributed by atoms with Gasteiger partial charge in [0.15, 0.2) is 11.6 Å². The molecule has 0 saturated carbocycles. The highest BCUT2D eigenvalue weighted by molar-refractivity contribution is 6.12. The highest BCUT2D eigenvalue weighted by Gasteiger charge is 2.47. The van der Waals surface area contributed by atoms with Gasteiger partial charge >= 0.3 is 0 Å². The number of phenolic OH excluding ortho intramolecular Hbond substituents is 2. The van der Waals surface area contributed by atoms with Gasteiger partial charge in [-0.1, -0.05) is 215 Å². The lowest BCUT2D eigenvalue weighted by atomic mass is 9.58. The van der Waals surface area contributed by atoms with E-state index in [1.807, 2.05) is 0 Å². The fraction of sp³-hybridized carbons (Fsp3) is 0.621. The number of hydrogen-bond donors (Lipinski definition) is 2. The molecule has 0 bridgehead atoms. The lowest BCUT2D eigenvalue weighted by Gasteiger charge is -2.44. The molecule has 0 saturated heterocycles. The lowest BCUT2D eigenvalue weighted by Crippen LogP contribution is -2.39. The molecule has 0 spiro atoms. The van der Waals surface area contributed by atoms with Crippen molar-refractivity contribution in [2.24, 2.45) is 21.7 Å². The minimum Gasteiger partial charge on any atom is -0.507 e. The molecule has 0 atom stereocenters. The Morgan fingerprint density at radius 2 is 0.516 bits per heavy atom. The molecule has 2 aromatic rings. The molecule has 0 heterocycles. The first kappa shape index (κ1) is 51.0. The van der Waals surface area contributed by atoms with Crippen LogP contribution in [0.3, 0.4) is 0 Å². The number of aromatic hydroxyl groups is 2. The zero-order valence-electron chi connectivity index (χ0n) is 43.7. The number of Topliss-reactive ketones (excluding diaryl/α,β-unsaturated/α-hetero) is 2. The van der Waals surface area contributed by atoms with Crippen LogP contribution in [0, 0.1) is 21.7 Å². The van der Waals surface area contributed by atoms with E-state index in [0.29, 0.717) is 24.3 Å². The molecule has 0 unspecified atom stereocenters. The molecule has 4 nitrogen and oxygen atoms in total. The summed E-state index contributed by atoms with van der Waals surface area (Å²) in [4.78, 5) is 29.6. The van der Waals surface area contributed by atoms with Crippen molar-refractivity contribution in [3.05, 3.63) is 104 Å². The molecule has 2 aliphatic rings. The second-order valence-electron chi connectivity index (χ2n) is 27.3. The third-order valence-corrected chi connectivity index (χ3v) is 13.3. The number of carbonyl (C=O) groups excluding carboxylic acids is 2. The van der Waals surface area contributed by atoms with Gasteiger partial charge in [0, 0.05) is 33.1 Å². The van der Waals surface area contributed by atoms with Crippen molar-refractivity contribution in [3.63, 3.8) is 0 Å². The van der Waals surface area contributed by atoms with E-state index in [-0.39, 0.29) is 33.2 Å². The predicted molar refractivity (Wildman–Crippen MR) is 264 cm³/mol. The number of ketones is 2. The molecule has 0 aromatic heterocycles. The van der Waals surface area contributed by atoms with Crippen LogP contribution in [0.1, 0.15) is 212 Å². The second-order valence-corrected chi connectivity index (χ2v) is 27.3.